The van der Waals surface area contributed by atoms with Gasteiger partial charge < -0.3 is 14.6 Å². The molecule has 0 unspecified atom stereocenters. The van der Waals surface area contributed by atoms with Crippen LogP contribution in [0.5, 0.6) is 5.75 Å². The zero-order chi connectivity index (χ0) is 21.6. The van der Waals surface area contributed by atoms with Crippen molar-refractivity contribution in [2.24, 2.45) is 0 Å². The highest BCUT2D eigenvalue weighted by Gasteiger charge is 2.43. The molecule has 8 heteroatoms. The van der Waals surface area contributed by atoms with E-state index in [0.29, 0.717) is 44.6 Å². The highest BCUT2D eigenvalue weighted by Crippen LogP contribution is 2.36. The first-order valence-corrected chi connectivity index (χ1v) is 12.3. The van der Waals surface area contributed by atoms with Gasteiger partial charge in [-0.25, -0.2) is 12.7 Å². The fourth-order valence-electron chi connectivity index (χ4n) is 4.61. The first-order valence-electron chi connectivity index (χ1n) is 10.4. The molecule has 1 N–H and O–H groups in total. The maximum Gasteiger partial charge on any atom is 0.254 e. The van der Waals surface area contributed by atoms with Crippen molar-refractivity contribution >= 4 is 26.8 Å². The van der Waals surface area contributed by atoms with Crippen molar-refractivity contribution in [2.45, 2.75) is 25.0 Å². The number of aromatic amines is 1. The van der Waals surface area contributed by atoms with E-state index in [9.17, 15) is 13.2 Å². The quantitative estimate of drug-likeness (QED) is 0.666. The number of nitrogens with zero attached hydrogens (tertiary/aromatic N) is 2. The van der Waals surface area contributed by atoms with E-state index in [4.69, 9.17) is 4.74 Å². The second-order valence-corrected chi connectivity index (χ2v) is 10.5. The van der Waals surface area contributed by atoms with Crippen molar-refractivity contribution in [3.8, 4) is 5.75 Å². The van der Waals surface area contributed by atoms with E-state index in [1.54, 1.807) is 0 Å². The Morgan fingerprint density at radius 1 is 1.10 bits per heavy atom. The Morgan fingerprint density at radius 3 is 2.65 bits per heavy atom. The van der Waals surface area contributed by atoms with Gasteiger partial charge in [0.2, 0.25) is 10.0 Å². The number of piperidine rings is 1. The van der Waals surface area contributed by atoms with E-state index in [2.05, 4.69) is 4.98 Å². The van der Waals surface area contributed by atoms with Crippen LogP contribution in [0.3, 0.4) is 0 Å². The van der Waals surface area contributed by atoms with Crippen LogP contribution in [-0.4, -0.2) is 60.0 Å². The van der Waals surface area contributed by atoms with Gasteiger partial charge in [-0.3, -0.25) is 4.79 Å². The Hall–Kier alpha value is -2.84. The molecule has 0 saturated carbocycles. The van der Waals surface area contributed by atoms with Crippen LogP contribution in [-0.2, 0) is 16.6 Å². The lowest BCUT2D eigenvalue weighted by Gasteiger charge is -2.42. The van der Waals surface area contributed by atoms with Crippen LogP contribution >= 0.6 is 0 Å². The predicted octanol–water partition coefficient (Wildman–Crippen LogP) is 3.00. The normalized spacial score (nSPS) is 19.1. The van der Waals surface area contributed by atoms with Crippen LogP contribution in [0.25, 0.3) is 10.9 Å². The molecule has 5 rings (SSSR count). The van der Waals surface area contributed by atoms with Gasteiger partial charge in [-0.05, 0) is 30.3 Å². The lowest BCUT2D eigenvalue weighted by atomic mass is 9.91. The Morgan fingerprint density at radius 2 is 1.87 bits per heavy atom. The molecule has 1 saturated heterocycles. The van der Waals surface area contributed by atoms with Gasteiger partial charge >= 0.3 is 0 Å². The van der Waals surface area contributed by atoms with E-state index in [1.165, 1.54) is 10.6 Å². The first kappa shape index (κ1) is 20.1. The summed E-state index contributed by atoms with van der Waals surface area (Å²) >= 11 is 0. The number of nitrogens with one attached hydrogen (secondary N) is 1. The molecule has 0 aliphatic carbocycles. The molecule has 2 aromatic carbocycles. The van der Waals surface area contributed by atoms with Gasteiger partial charge in [-0.15, -0.1) is 0 Å². The van der Waals surface area contributed by atoms with Crippen molar-refractivity contribution in [3.63, 3.8) is 0 Å². The number of carbonyl (C=O) groups is 1. The molecule has 2 aliphatic rings. The van der Waals surface area contributed by atoms with Crippen molar-refractivity contribution in [1.82, 2.24) is 14.2 Å². The van der Waals surface area contributed by atoms with Gasteiger partial charge in [0.05, 0.1) is 12.8 Å². The lowest BCUT2D eigenvalue weighted by Crippen LogP contribution is -2.55. The number of hydrogen-bond acceptors (Lipinski definition) is 4. The Bertz CT molecular complexity index is 1240. The SMILES string of the molecule is CS(=O)(=O)N1CCC2(CC1)CN(C(=O)c1ccc3[nH]ccc3c1)Cc1ccccc1O2. The molecule has 31 heavy (non-hydrogen) atoms. The number of carbonyl (C=O) groups excluding carboxylic acids is 1. The average molecular weight is 440 g/mol. The summed E-state index contributed by atoms with van der Waals surface area (Å²) in [4.78, 5) is 18.5. The number of H-pyrrole nitrogens is 1. The molecule has 0 bridgehead atoms. The van der Waals surface area contributed by atoms with Crippen LogP contribution in [0, 0.1) is 0 Å². The minimum absolute atomic E-state index is 0.0479. The van der Waals surface area contributed by atoms with Crippen molar-refractivity contribution < 1.29 is 17.9 Å². The average Bonchev–Trinajstić information content (AvgIpc) is 3.15. The smallest absolute Gasteiger partial charge is 0.254 e. The maximum absolute atomic E-state index is 13.5. The molecule has 1 aromatic heterocycles. The fraction of sp³-hybridized carbons (Fsp3) is 0.348. The summed E-state index contributed by atoms with van der Waals surface area (Å²) in [5.74, 6) is 0.722. The second kappa shape index (κ2) is 7.39. The largest absolute Gasteiger partial charge is 0.485 e. The highest BCUT2D eigenvalue weighted by atomic mass is 32.2. The molecule has 162 valence electrons. The van der Waals surface area contributed by atoms with E-state index in [1.807, 2.05) is 59.6 Å². The second-order valence-electron chi connectivity index (χ2n) is 8.50. The Labute approximate surface area is 181 Å². The molecule has 1 spiro atoms. The van der Waals surface area contributed by atoms with Crippen molar-refractivity contribution in [3.05, 3.63) is 65.9 Å². The molecular weight excluding hydrogens is 414 g/mol. The summed E-state index contributed by atoms with van der Waals surface area (Å²) in [6.45, 7) is 1.65. The third kappa shape index (κ3) is 3.81. The summed E-state index contributed by atoms with van der Waals surface area (Å²) in [6.07, 6.45) is 4.17. The molecule has 1 amide bonds. The predicted molar refractivity (Wildman–Crippen MR) is 118 cm³/mol. The summed E-state index contributed by atoms with van der Waals surface area (Å²) < 4.78 is 32.0. The Kier molecular flexibility index (Phi) is 4.79. The molecule has 3 heterocycles. The number of hydrogen-bond donors (Lipinski definition) is 1. The van der Waals surface area contributed by atoms with Crippen LogP contribution in [0.2, 0.25) is 0 Å². The van der Waals surface area contributed by atoms with E-state index < -0.39 is 15.6 Å². The van der Waals surface area contributed by atoms with Gasteiger partial charge in [0.1, 0.15) is 11.4 Å². The maximum atomic E-state index is 13.5. The number of benzene rings is 2. The number of rotatable bonds is 2. The minimum Gasteiger partial charge on any atom is -0.485 e. The van der Waals surface area contributed by atoms with E-state index in [-0.39, 0.29) is 5.91 Å². The molecule has 0 radical (unpaired) electrons. The number of amides is 1. The van der Waals surface area contributed by atoms with Crippen LogP contribution in [0.15, 0.2) is 54.7 Å². The zero-order valence-corrected chi connectivity index (χ0v) is 18.2. The number of aromatic nitrogens is 1. The number of sulfonamides is 1. The zero-order valence-electron chi connectivity index (χ0n) is 17.4. The third-order valence-corrected chi connectivity index (χ3v) is 7.63. The molecule has 7 nitrogen and oxygen atoms in total. The van der Waals surface area contributed by atoms with Crippen molar-refractivity contribution in [1.29, 1.82) is 0 Å². The molecule has 3 aromatic rings. The standard InChI is InChI=1S/C23H25N3O4S/c1-31(28,29)26-12-9-23(10-13-26)16-25(15-19-4-2-3-5-21(19)30-23)22(27)18-6-7-20-17(14-18)8-11-24-20/h2-8,11,14,24H,9-10,12-13,15-16H2,1H3. The van der Waals surface area contributed by atoms with Gasteiger partial charge in [0.25, 0.3) is 5.91 Å². The molecule has 1 fully saturated rings. The molecular formula is C23H25N3O4S. The fourth-order valence-corrected chi connectivity index (χ4v) is 5.45. The van der Waals surface area contributed by atoms with Crippen LogP contribution in [0.4, 0.5) is 0 Å². The van der Waals surface area contributed by atoms with E-state index in [0.717, 1.165) is 22.2 Å². The van der Waals surface area contributed by atoms with Crippen molar-refractivity contribution in [2.75, 3.05) is 25.9 Å². The number of fused-ring (bicyclic) bond motifs is 2. The summed E-state index contributed by atoms with van der Waals surface area (Å²) in [5, 5.41) is 0.994. The van der Waals surface area contributed by atoms with Gasteiger partial charge in [0, 0.05) is 60.7 Å². The number of para-hydroxylation sites is 1. The summed E-state index contributed by atoms with van der Waals surface area (Å²) in [7, 11) is -3.24. The minimum atomic E-state index is -3.24. The Balaban J connectivity index is 1.48. The van der Waals surface area contributed by atoms with E-state index >= 15 is 0 Å². The van der Waals surface area contributed by atoms with Gasteiger partial charge in [-0.1, -0.05) is 18.2 Å². The van der Waals surface area contributed by atoms with Gasteiger partial charge in [-0.2, -0.15) is 0 Å². The third-order valence-electron chi connectivity index (χ3n) is 6.33. The first-order chi connectivity index (χ1) is 14.8. The monoisotopic (exact) mass is 439 g/mol. The lowest BCUT2D eigenvalue weighted by molar-refractivity contribution is -0.00126. The van der Waals surface area contributed by atoms with Crippen LogP contribution in [0.1, 0.15) is 28.8 Å². The molecule has 2 aliphatic heterocycles. The topological polar surface area (TPSA) is 82.7 Å². The summed E-state index contributed by atoms with van der Waals surface area (Å²) in [6, 6.07) is 15.4. The van der Waals surface area contributed by atoms with Gasteiger partial charge in [0.15, 0.2) is 0 Å². The highest BCUT2D eigenvalue weighted by molar-refractivity contribution is 7.88. The van der Waals surface area contributed by atoms with Crippen LogP contribution < -0.4 is 4.74 Å². The molecule has 0 atom stereocenters. The summed E-state index contributed by atoms with van der Waals surface area (Å²) in [5.41, 5.74) is 1.98. The number of ether oxygens (including phenoxy) is 1.